The molecule has 3 nitrogen and oxygen atoms in total. The zero-order valence-corrected chi connectivity index (χ0v) is 11.0. The first-order chi connectivity index (χ1) is 8.18. The number of imidazole rings is 1. The van der Waals surface area contributed by atoms with Crippen LogP contribution in [0.4, 0.5) is 0 Å². The molecule has 0 aliphatic heterocycles. The van der Waals surface area contributed by atoms with Crippen molar-refractivity contribution in [3.8, 4) is 0 Å². The van der Waals surface area contributed by atoms with Gasteiger partial charge in [-0.1, -0.05) is 29.3 Å². The van der Waals surface area contributed by atoms with Crippen LogP contribution in [0.5, 0.6) is 0 Å². The minimum atomic E-state index is 0.630. The van der Waals surface area contributed by atoms with E-state index >= 15 is 0 Å². The summed E-state index contributed by atoms with van der Waals surface area (Å²) in [6, 6.07) is 5.52. The molecule has 0 radical (unpaired) electrons. The van der Waals surface area contributed by atoms with Crippen molar-refractivity contribution in [2.24, 2.45) is 7.05 Å². The van der Waals surface area contributed by atoms with Gasteiger partial charge in [0, 0.05) is 41.6 Å². The second-order valence-corrected chi connectivity index (χ2v) is 4.57. The minimum Gasteiger partial charge on any atom is -0.337 e. The van der Waals surface area contributed by atoms with Crippen molar-refractivity contribution >= 4 is 23.2 Å². The van der Waals surface area contributed by atoms with E-state index in [2.05, 4.69) is 10.3 Å². The summed E-state index contributed by atoms with van der Waals surface area (Å²) < 4.78 is 1.97. The molecule has 1 aromatic heterocycles. The van der Waals surface area contributed by atoms with E-state index in [0.29, 0.717) is 23.1 Å². The SMILES string of the molecule is Cn1ccnc1CNCc1c(Cl)cccc1Cl. The molecule has 1 N–H and O–H groups in total. The fraction of sp³-hybridized carbons (Fsp3) is 0.250. The number of nitrogens with one attached hydrogen (secondary N) is 1. The molecule has 0 unspecified atom stereocenters. The molecular weight excluding hydrogens is 257 g/mol. The minimum absolute atomic E-state index is 0.630. The smallest absolute Gasteiger partial charge is 0.122 e. The van der Waals surface area contributed by atoms with Gasteiger partial charge in [-0.05, 0) is 12.1 Å². The lowest BCUT2D eigenvalue weighted by Crippen LogP contribution is -2.16. The third-order valence-electron chi connectivity index (χ3n) is 2.57. The molecule has 0 aliphatic carbocycles. The number of rotatable bonds is 4. The molecule has 1 aromatic carbocycles. The summed E-state index contributed by atoms with van der Waals surface area (Å²) in [6.45, 7) is 1.32. The van der Waals surface area contributed by atoms with Crippen molar-refractivity contribution < 1.29 is 0 Å². The fourth-order valence-electron chi connectivity index (χ4n) is 1.57. The van der Waals surface area contributed by atoms with Crippen molar-refractivity contribution in [1.29, 1.82) is 0 Å². The summed E-state index contributed by atoms with van der Waals surface area (Å²) in [6.07, 6.45) is 3.69. The first-order valence-electron chi connectivity index (χ1n) is 5.28. The number of hydrogen-bond donors (Lipinski definition) is 1. The molecular formula is C12H13Cl2N3. The maximum Gasteiger partial charge on any atom is 0.122 e. The van der Waals surface area contributed by atoms with Crippen molar-refractivity contribution in [3.63, 3.8) is 0 Å². The van der Waals surface area contributed by atoms with Gasteiger partial charge in [0.05, 0.1) is 6.54 Å². The van der Waals surface area contributed by atoms with E-state index in [4.69, 9.17) is 23.2 Å². The predicted octanol–water partition coefficient (Wildman–Crippen LogP) is 3.02. The molecule has 0 saturated heterocycles. The van der Waals surface area contributed by atoms with E-state index in [0.717, 1.165) is 11.4 Å². The monoisotopic (exact) mass is 269 g/mol. The van der Waals surface area contributed by atoms with Gasteiger partial charge in [0.15, 0.2) is 0 Å². The van der Waals surface area contributed by atoms with Gasteiger partial charge in [-0.15, -0.1) is 0 Å². The predicted molar refractivity (Wildman–Crippen MR) is 70.2 cm³/mol. The van der Waals surface area contributed by atoms with Crippen LogP contribution in [0.2, 0.25) is 10.0 Å². The normalized spacial score (nSPS) is 10.8. The zero-order valence-electron chi connectivity index (χ0n) is 9.45. The average Bonchev–Trinajstić information content (AvgIpc) is 2.69. The fourth-order valence-corrected chi connectivity index (χ4v) is 2.10. The maximum absolute atomic E-state index is 6.08. The highest BCUT2D eigenvalue weighted by Gasteiger charge is 2.05. The van der Waals surface area contributed by atoms with Crippen LogP contribution in [0.3, 0.4) is 0 Å². The van der Waals surface area contributed by atoms with Gasteiger partial charge in [-0.25, -0.2) is 4.98 Å². The Morgan fingerprint density at radius 3 is 2.53 bits per heavy atom. The van der Waals surface area contributed by atoms with E-state index in [9.17, 15) is 0 Å². The summed E-state index contributed by atoms with van der Waals surface area (Å²) in [5.74, 6) is 0.980. The van der Waals surface area contributed by atoms with Crippen LogP contribution in [-0.2, 0) is 20.1 Å². The van der Waals surface area contributed by atoms with Crippen LogP contribution in [0.25, 0.3) is 0 Å². The molecule has 0 aliphatic rings. The molecule has 0 saturated carbocycles. The third-order valence-corrected chi connectivity index (χ3v) is 3.28. The van der Waals surface area contributed by atoms with E-state index in [1.165, 1.54) is 0 Å². The van der Waals surface area contributed by atoms with Gasteiger partial charge in [-0.3, -0.25) is 0 Å². The highest BCUT2D eigenvalue weighted by Crippen LogP contribution is 2.23. The molecule has 0 atom stereocenters. The summed E-state index contributed by atoms with van der Waals surface area (Å²) in [5, 5.41) is 4.64. The van der Waals surface area contributed by atoms with Crippen LogP contribution in [0.1, 0.15) is 11.4 Å². The Balaban J connectivity index is 1.97. The summed E-state index contributed by atoms with van der Waals surface area (Å²) in [5.41, 5.74) is 0.921. The lowest BCUT2D eigenvalue weighted by molar-refractivity contribution is 0.639. The van der Waals surface area contributed by atoms with Crippen LogP contribution < -0.4 is 5.32 Å². The first-order valence-corrected chi connectivity index (χ1v) is 6.04. The average molecular weight is 270 g/mol. The van der Waals surface area contributed by atoms with Crippen LogP contribution >= 0.6 is 23.2 Å². The topological polar surface area (TPSA) is 29.9 Å². The number of nitrogens with zero attached hydrogens (tertiary/aromatic N) is 2. The Kier molecular flexibility index (Phi) is 4.05. The molecule has 0 amide bonds. The molecule has 17 heavy (non-hydrogen) atoms. The van der Waals surface area contributed by atoms with E-state index in [1.54, 1.807) is 6.20 Å². The maximum atomic E-state index is 6.08. The van der Waals surface area contributed by atoms with Gasteiger partial charge >= 0.3 is 0 Å². The second-order valence-electron chi connectivity index (χ2n) is 3.76. The summed E-state index contributed by atoms with van der Waals surface area (Å²) in [7, 11) is 1.96. The lowest BCUT2D eigenvalue weighted by atomic mass is 10.2. The Labute approximate surface area is 110 Å². The standard InChI is InChI=1S/C12H13Cl2N3/c1-17-6-5-16-12(17)8-15-7-9-10(13)3-2-4-11(9)14/h2-6,15H,7-8H2,1H3. The first kappa shape index (κ1) is 12.4. The van der Waals surface area contributed by atoms with Gasteiger partial charge in [0.25, 0.3) is 0 Å². The molecule has 1 heterocycles. The van der Waals surface area contributed by atoms with Crippen molar-refractivity contribution in [3.05, 3.63) is 52.0 Å². The zero-order chi connectivity index (χ0) is 12.3. The summed E-state index contributed by atoms with van der Waals surface area (Å²) in [4.78, 5) is 4.23. The third kappa shape index (κ3) is 3.00. The molecule has 0 fully saturated rings. The molecule has 90 valence electrons. The molecule has 0 bridgehead atoms. The van der Waals surface area contributed by atoms with E-state index < -0.39 is 0 Å². The number of benzene rings is 1. The van der Waals surface area contributed by atoms with E-state index in [1.807, 2.05) is 36.0 Å². The molecule has 2 rings (SSSR count). The highest BCUT2D eigenvalue weighted by molar-refractivity contribution is 6.35. The Morgan fingerprint density at radius 2 is 1.94 bits per heavy atom. The van der Waals surface area contributed by atoms with Crippen molar-refractivity contribution in [2.45, 2.75) is 13.1 Å². The van der Waals surface area contributed by atoms with Crippen molar-refractivity contribution in [1.82, 2.24) is 14.9 Å². The number of hydrogen-bond acceptors (Lipinski definition) is 2. The quantitative estimate of drug-likeness (QED) is 0.925. The Bertz CT molecular complexity index is 488. The van der Waals surface area contributed by atoms with E-state index in [-0.39, 0.29) is 0 Å². The lowest BCUT2D eigenvalue weighted by Gasteiger charge is -2.08. The Morgan fingerprint density at radius 1 is 1.24 bits per heavy atom. The second kappa shape index (κ2) is 5.54. The molecule has 0 spiro atoms. The van der Waals surface area contributed by atoms with Crippen LogP contribution in [0.15, 0.2) is 30.6 Å². The molecule has 5 heteroatoms. The number of aryl methyl sites for hydroxylation is 1. The number of halogens is 2. The van der Waals surface area contributed by atoms with Gasteiger partial charge < -0.3 is 9.88 Å². The molecule has 2 aromatic rings. The van der Waals surface area contributed by atoms with Crippen molar-refractivity contribution in [2.75, 3.05) is 0 Å². The van der Waals surface area contributed by atoms with Gasteiger partial charge in [0.2, 0.25) is 0 Å². The van der Waals surface area contributed by atoms with Crippen LogP contribution in [-0.4, -0.2) is 9.55 Å². The number of aromatic nitrogens is 2. The summed E-state index contributed by atoms with van der Waals surface area (Å²) >= 11 is 12.2. The van der Waals surface area contributed by atoms with Crippen LogP contribution in [0, 0.1) is 0 Å². The van der Waals surface area contributed by atoms with Gasteiger partial charge in [-0.2, -0.15) is 0 Å². The highest BCUT2D eigenvalue weighted by atomic mass is 35.5. The largest absolute Gasteiger partial charge is 0.337 e. The van der Waals surface area contributed by atoms with Gasteiger partial charge in [0.1, 0.15) is 5.82 Å². The Hall–Kier alpha value is -1.03.